The summed E-state index contributed by atoms with van der Waals surface area (Å²) in [5.74, 6) is -0.337. The highest BCUT2D eigenvalue weighted by Gasteiger charge is 2.15. The maximum Gasteiger partial charge on any atom is 0.262 e. The van der Waals surface area contributed by atoms with Crippen LogP contribution in [0.15, 0.2) is 65.7 Å². The van der Waals surface area contributed by atoms with E-state index in [9.17, 15) is 13.6 Å². The van der Waals surface area contributed by atoms with E-state index < -0.39 is 5.82 Å². The summed E-state index contributed by atoms with van der Waals surface area (Å²) >= 11 is 0. The number of aromatic amines is 1. The number of anilines is 2. The summed E-state index contributed by atoms with van der Waals surface area (Å²) in [6.07, 6.45) is 2.91. The van der Waals surface area contributed by atoms with Gasteiger partial charge in [0.1, 0.15) is 11.6 Å². The molecule has 0 aliphatic rings. The molecule has 0 radical (unpaired) electrons. The van der Waals surface area contributed by atoms with Gasteiger partial charge in [-0.3, -0.25) is 14.5 Å². The van der Waals surface area contributed by atoms with E-state index in [2.05, 4.69) is 25.5 Å². The van der Waals surface area contributed by atoms with Crippen LogP contribution in [0.4, 0.5) is 20.4 Å². The second-order valence-electron chi connectivity index (χ2n) is 7.58. The van der Waals surface area contributed by atoms with Crippen LogP contribution in [0.3, 0.4) is 0 Å². The van der Waals surface area contributed by atoms with Crippen LogP contribution in [-0.4, -0.2) is 24.7 Å². The van der Waals surface area contributed by atoms with E-state index >= 15 is 0 Å². The number of fused-ring (bicyclic) bond motifs is 1. The molecule has 0 fully saturated rings. The summed E-state index contributed by atoms with van der Waals surface area (Å²) in [5, 5.41) is 10.5. The Balaban J connectivity index is 1.44. The molecular formula is C24H18F2N6O2. The van der Waals surface area contributed by atoms with Crippen LogP contribution >= 0.6 is 0 Å². The van der Waals surface area contributed by atoms with Gasteiger partial charge in [0, 0.05) is 25.1 Å². The minimum absolute atomic E-state index is 0.00349. The van der Waals surface area contributed by atoms with Gasteiger partial charge in [-0.15, -0.1) is 0 Å². The molecule has 34 heavy (non-hydrogen) atoms. The van der Waals surface area contributed by atoms with Crippen molar-refractivity contribution in [1.29, 1.82) is 0 Å². The number of hydrogen-bond donors (Lipinski definition) is 2. The van der Waals surface area contributed by atoms with Gasteiger partial charge in [0.25, 0.3) is 5.56 Å². The van der Waals surface area contributed by atoms with E-state index in [1.807, 2.05) is 0 Å². The summed E-state index contributed by atoms with van der Waals surface area (Å²) in [4.78, 5) is 21.4. The van der Waals surface area contributed by atoms with E-state index in [0.29, 0.717) is 33.7 Å². The number of nitrogens with one attached hydrogen (secondary N) is 2. The Morgan fingerprint density at radius 3 is 2.59 bits per heavy atom. The Bertz CT molecular complexity index is 1580. The molecule has 0 amide bonds. The Kier molecular flexibility index (Phi) is 5.25. The van der Waals surface area contributed by atoms with Crippen molar-refractivity contribution >= 4 is 22.7 Å². The largest absolute Gasteiger partial charge is 0.453 e. The fraction of sp³-hybridized carbons (Fsp3) is 0.0833. The van der Waals surface area contributed by atoms with E-state index in [4.69, 9.17) is 4.74 Å². The molecule has 10 heteroatoms. The van der Waals surface area contributed by atoms with Gasteiger partial charge < -0.3 is 10.1 Å². The quantitative estimate of drug-likeness (QED) is 0.390. The molecule has 8 nitrogen and oxygen atoms in total. The number of ether oxygens (including phenoxy) is 1. The average Bonchev–Trinajstić information content (AvgIpc) is 3.21. The number of aryl methyl sites for hydroxylation is 1. The number of hydrogen-bond acceptors (Lipinski definition) is 6. The smallest absolute Gasteiger partial charge is 0.262 e. The Labute approximate surface area is 191 Å². The summed E-state index contributed by atoms with van der Waals surface area (Å²) in [5.41, 5.74) is 1.98. The zero-order valence-electron chi connectivity index (χ0n) is 18.1. The zero-order chi connectivity index (χ0) is 23.8. The summed E-state index contributed by atoms with van der Waals surface area (Å²) in [7, 11) is 1.54. The van der Waals surface area contributed by atoms with Gasteiger partial charge in [-0.25, -0.2) is 18.7 Å². The first kappa shape index (κ1) is 21.3. The fourth-order valence-electron chi connectivity index (χ4n) is 3.55. The van der Waals surface area contributed by atoms with Crippen LogP contribution in [0.25, 0.3) is 22.2 Å². The molecule has 170 valence electrons. The van der Waals surface area contributed by atoms with E-state index in [1.165, 1.54) is 47.2 Å². The summed E-state index contributed by atoms with van der Waals surface area (Å²) in [6.45, 7) is 1.80. The lowest BCUT2D eigenvalue weighted by Crippen LogP contribution is -2.22. The van der Waals surface area contributed by atoms with Gasteiger partial charge in [-0.2, -0.15) is 5.10 Å². The molecule has 5 aromatic rings. The number of rotatable bonds is 5. The standard InChI is InChI=1S/C24H18F2N6O2/c1-13-21-20(9-10-27-22(21)31-30-13)34-19-8-3-14(11-18(19)26)17-12-28-24(32(2)23(17)33)29-16-6-4-15(25)5-7-16/h3-12H,1-2H3,(H,28,29)(H,27,30,31). The highest BCUT2D eigenvalue weighted by Crippen LogP contribution is 2.32. The molecule has 0 saturated carbocycles. The number of pyridine rings is 1. The number of nitrogens with zero attached hydrogens (tertiary/aromatic N) is 4. The second kappa shape index (κ2) is 8.39. The molecule has 2 N–H and O–H groups in total. The lowest BCUT2D eigenvalue weighted by molar-refractivity contribution is 0.446. The molecule has 0 saturated heterocycles. The predicted octanol–water partition coefficient (Wildman–Crippen LogP) is 4.84. The van der Waals surface area contributed by atoms with E-state index in [-0.39, 0.29) is 28.6 Å². The maximum absolute atomic E-state index is 14.9. The average molecular weight is 460 g/mol. The van der Waals surface area contributed by atoms with Gasteiger partial charge in [0.15, 0.2) is 17.2 Å². The minimum atomic E-state index is -0.640. The molecular weight excluding hydrogens is 442 g/mol. The van der Waals surface area contributed by atoms with Gasteiger partial charge in [-0.05, 0) is 55.0 Å². The highest BCUT2D eigenvalue weighted by atomic mass is 19.1. The van der Waals surface area contributed by atoms with Crippen molar-refractivity contribution in [3.8, 4) is 22.6 Å². The van der Waals surface area contributed by atoms with Crippen molar-refractivity contribution in [2.45, 2.75) is 6.92 Å². The van der Waals surface area contributed by atoms with E-state index in [1.54, 1.807) is 32.3 Å². The number of halogens is 2. The molecule has 0 atom stereocenters. The molecule has 0 aliphatic heterocycles. The molecule has 0 unspecified atom stereocenters. The molecule has 3 aromatic heterocycles. The number of benzene rings is 2. The van der Waals surface area contributed by atoms with Crippen LogP contribution < -0.4 is 15.6 Å². The number of H-pyrrole nitrogens is 1. The minimum Gasteiger partial charge on any atom is -0.453 e. The lowest BCUT2D eigenvalue weighted by Gasteiger charge is -2.12. The third-order valence-electron chi connectivity index (χ3n) is 5.34. The van der Waals surface area contributed by atoms with Crippen molar-refractivity contribution in [3.05, 3.63) is 88.6 Å². The first-order valence-corrected chi connectivity index (χ1v) is 10.3. The molecule has 3 heterocycles. The first-order chi connectivity index (χ1) is 16.4. The van der Waals surface area contributed by atoms with Crippen molar-refractivity contribution in [3.63, 3.8) is 0 Å². The van der Waals surface area contributed by atoms with Crippen molar-refractivity contribution < 1.29 is 13.5 Å². The Morgan fingerprint density at radius 2 is 1.82 bits per heavy atom. The van der Waals surface area contributed by atoms with Crippen LogP contribution in [0, 0.1) is 18.6 Å². The highest BCUT2D eigenvalue weighted by molar-refractivity contribution is 5.84. The molecule has 5 rings (SSSR count). The van der Waals surface area contributed by atoms with Crippen LogP contribution in [0.1, 0.15) is 5.69 Å². The van der Waals surface area contributed by atoms with Gasteiger partial charge in [0.05, 0.1) is 16.6 Å². The van der Waals surface area contributed by atoms with Crippen LogP contribution in [0.2, 0.25) is 0 Å². The molecule has 0 aliphatic carbocycles. The van der Waals surface area contributed by atoms with E-state index in [0.717, 1.165) is 0 Å². The monoisotopic (exact) mass is 460 g/mol. The molecule has 0 spiro atoms. The zero-order valence-corrected chi connectivity index (χ0v) is 18.1. The van der Waals surface area contributed by atoms with Crippen molar-refractivity contribution in [2.24, 2.45) is 7.05 Å². The first-order valence-electron chi connectivity index (χ1n) is 10.3. The third-order valence-corrected chi connectivity index (χ3v) is 5.34. The van der Waals surface area contributed by atoms with Crippen molar-refractivity contribution in [2.75, 3.05) is 5.32 Å². The summed E-state index contributed by atoms with van der Waals surface area (Å²) < 4.78 is 35.2. The van der Waals surface area contributed by atoms with Crippen molar-refractivity contribution in [1.82, 2.24) is 24.7 Å². The fourth-order valence-corrected chi connectivity index (χ4v) is 3.55. The normalized spacial score (nSPS) is 11.1. The summed E-state index contributed by atoms with van der Waals surface area (Å²) in [6, 6.07) is 11.6. The van der Waals surface area contributed by atoms with Crippen LogP contribution in [-0.2, 0) is 7.05 Å². The SMILES string of the molecule is Cc1n[nH]c2nccc(Oc3ccc(-c4cnc(Nc5ccc(F)cc5)n(C)c4=O)cc3F)c12. The number of aromatic nitrogens is 5. The third kappa shape index (κ3) is 3.85. The topological polar surface area (TPSA) is 97.7 Å². The maximum atomic E-state index is 14.9. The Morgan fingerprint density at radius 1 is 1.03 bits per heavy atom. The van der Waals surface area contributed by atoms with Gasteiger partial charge in [-0.1, -0.05) is 6.07 Å². The second-order valence-corrected chi connectivity index (χ2v) is 7.58. The predicted molar refractivity (Wildman–Crippen MR) is 123 cm³/mol. The van der Waals surface area contributed by atoms with Crippen LogP contribution in [0.5, 0.6) is 11.5 Å². The Hall–Kier alpha value is -4.60. The molecule has 0 bridgehead atoms. The van der Waals surface area contributed by atoms with Gasteiger partial charge >= 0.3 is 0 Å². The van der Waals surface area contributed by atoms with Gasteiger partial charge in [0.2, 0.25) is 5.95 Å². The molecule has 2 aromatic carbocycles. The lowest BCUT2D eigenvalue weighted by atomic mass is 10.1.